The van der Waals surface area contributed by atoms with E-state index in [0.717, 1.165) is 31.1 Å². The van der Waals surface area contributed by atoms with Crippen molar-refractivity contribution in [2.45, 2.75) is 38.3 Å². The van der Waals surface area contributed by atoms with Crippen molar-refractivity contribution < 1.29 is 4.39 Å². The third-order valence-electron chi connectivity index (χ3n) is 4.38. The van der Waals surface area contributed by atoms with Crippen molar-refractivity contribution in [1.29, 1.82) is 0 Å². The molecule has 0 spiro atoms. The number of nitrogens with zero attached hydrogens (tertiary/aromatic N) is 1. The molecule has 0 radical (unpaired) electrons. The number of hydrogen-bond acceptors (Lipinski definition) is 2. The van der Waals surface area contributed by atoms with Crippen molar-refractivity contribution in [3.63, 3.8) is 0 Å². The number of halogens is 3. The first-order chi connectivity index (χ1) is 9.70. The van der Waals surface area contributed by atoms with E-state index in [2.05, 4.69) is 10.2 Å². The Morgan fingerprint density at radius 2 is 1.90 bits per heavy atom. The van der Waals surface area contributed by atoms with E-state index in [9.17, 15) is 4.39 Å². The lowest BCUT2D eigenvalue weighted by Gasteiger charge is -2.32. The molecule has 1 saturated heterocycles. The van der Waals surface area contributed by atoms with E-state index >= 15 is 0 Å². The predicted octanol–water partition coefficient (Wildman–Crippen LogP) is 3.86. The molecule has 2 fully saturated rings. The summed E-state index contributed by atoms with van der Waals surface area (Å²) in [5, 5.41) is 4.34. The van der Waals surface area contributed by atoms with Gasteiger partial charge in [0.25, 0.3) is 0 Å². The van der Waals surface area contributed by atoms with Gasteiger partial charge in [-0.2, -0.15) is 0 Å². The largest absolute Gasteiger partial charge is 0.314 e. The van der Waals surface area contributed by atoms with E-state index in [1.807, 2.05) is 0 Å². The van der Waals surface area contributed by atoms with Gasteiger partial charge in [0, 0.05) is 17.6 Å². The van der Waals surface area contributed by atoms with Crippen LogP contribution in [0.4, 0.5) is 4.39 Å². The summed E-state index contributed by atoms with van der Waals surface area (Å²) in [6.07, 6.45) is 5.17. The molecule has 118 valence electrons. The molecule has 1 saturated carbocycles. The van der Waals surface area contributed by atoms with Crippen molar-refractivity contribution in [1.82, 2.24) is 10.2 Å². The fraction of sp³-hybridized carbons (Fsp3) is 0.625. The average Bonchev–Trinajstić information content (AvgIpc) is 3.26. The number of hydrogen-bond donors (Lipinski definition) is 1. The van der Waals surface area contributed by atoms with Gasteiger partial charge in [0.1, 0.15) is 5.82 Å². The molecule has 0 atom stereocenters. The van der Waals surface area contributed by atoms with Crippen LogP contribution in [0.1, 0.15) is 31.2 Å². The lowest BCUT2D eigenvalue weighted by atomic mass is 10.0. The van der Waals surface area contributed by atoms with Crippen LogP contribution in [-0.4, -0.2) is 30.6 Å². The third kappa shape index (κ3) is 5.10. The second-order valence-corrected chi connectivity index (χ2v) is 6.54. The predicted molar refractivity (Wildman–Crippen MR) is 87.7 cm³/mol. The summed E-state index contributed by atoms with van der Waals surface area (Å²) in [5.41, 5.74) is 0.899. The molecule has 21 heavy (non-hydrogen) atoms. The molecule has 1 aliphatic heterocycles. The van der Waals surface area contributed by atoms with E-state index < -0.39 is 0 Å². The molecule has 5 heteroatoms. The average molecular weight is 333 g/mol. The summed E-state index contributed by atoms with van der Waals surface area (Å²) in [6.45, 7) is 4.08. The van der Waals surface area contributed by atoms with Crippen LogP contribution in [0, 0.1) is 11.7 Å². The van der Waals surface area contributed by atoms with E-state index in [4.69, 9.17) is 11.6 Å². The summed E-state index contributed by atoms with van der Waals surface area (Å²) in [5.74, 6) is 0.740. The van der Waals surface area contributed by atoms with Crippen LogP contribution in [0.15, 0.2) is 18.2 Å². The molecule has 0 unspecified atom stereocenters. The highest BCUT2D eigenvalue weighted by molar-refractivity contribution is 6.31. The van der Waals surface area contributed by atoms with Crippen molar-refractivity contribution in [3.05, 3.63) is 34.6 Å². The molecular weight excluding hydrogens is 310 g/mol. The van der Waals surface area contributed by atoms with Gasteiger partial charge in [-0.15, -0.1) is 12.4 Å². The lowest BCUT2D eigenvalue weighted by Crippen LogP contribution is -2.42. The van der Waals surface area contributed by atoms with Crippen LogP contribution in [0.25, 0.3) is 0 Å². The van der Waals surface area contributed by atoms with Crippen LogP contribution < -0.4 is 5.32 Å². The first-order valence-electron chi connectivity index (χ1n) is 7.60. The van der Waals surface area contributed by atoms with Crippen LogP contribution >= 0.6 is 24.0 Å². The lowest BCUT2D eigenvalue weighted by molar-refractivity contribution is 0.190. The van der Waals surface area contributed by atoms with Gasteiger partial charge >= 0.3 is 0 Å². The van der Waals surface area contributed by atoms with E-state index in [1.165, 1.54) is 38.3 Å². The molecular formula is C16H23Cl2FN2. The Morgan fingerprint density at radius 1 is 1.19 bits per heavy atom. The van der Waals surface area contributed by atoms with Crippen LogP contribution in [0.5, 0.6) is 0 Å². The molecule has 1 aromatic rings. The molecule has 2 nitrogen and oxygen atoms in total. The van der Waals surface area contributed by atoms with Gasteiger partial charge in [-0.3, -0.25) is 4.90 Å². The number of piperidine rings is 1. The topological polar surface area (TPSA) is 15.3 Å². The Labute approximate surface area is 137 Å². The highest BCUT2D eigenvalue weighted by Crippen LogP contribution is 2.28. The van der Waals surface area contributed by atoms with Gasteiger partial charge in [0.2, 0.25) is 0 Å². The van der Waals surface area contributed by atoms with Crippen LogP contribution in [0.3, 0.4) is 0 Å². The van der Waals surface area contributed by atoms with E-state index in [-0.39, 0.29) is 18.2 Å². The quantitative estimate of drug-likeness (QED) is 0.880. The highest BCUT2D eigenvalue weighted by atomic mass is 35.5. The Balaban J connectivity index is 0.00000161. The second kappa shape index (κ2) is 7.77. The molecule has 2 aliphatic rings. The fourth-order valence-corrected chi connectivity index (χ4v) is 3.03. The molecule has 0 amide bonds. The van der Waals surface area contributed by atoms with Crippen molar-refractivity contribution in [2.75, 3.05) is 19.6 Å². The Hall–Kier alpha value is -0.350. The molecule has 1 heterocycles. The summed E-state index contributed by atoms with van der Waals surface area (Å²) >= 11 is 6.13. The monoisotopic (exact) mass is 332 g/mol. The van der Waals surface area contributed by atoms with Gasteiger partial charge in [0.05, 0.1) is 0 Å². The second-order valence-electron chi connectivity index (χ2n) is 6.14. The number of nitrogens with one attached hydrogen (secondary N) is 1. The first-order valence-corrected chi connectivity index (χ1v) is 7.98. The Bertz CT molecular complexity index is 458. The van der Waals surface area contributed by atoms with Crippen LogP contribution in [-0.2, 0) is 6.54 Å². The maximum absolute atomic E-state index is 13.3. The zero-order valence-electron chi connectivity index (χ0n) is 12.2. The minimum absolute atomic E-state index is 0. The number of likely N-dealkylation sites (tertiary alicyclic amines) is 1. The van der Waals surface area contributed by atoms with E-state index in [0.29, 0.717) is 11.1 Å². The van der Waals surface area contributed by atoms with Crippen LogP contribution in [0.2, 0.25) is 5.02 Å². The van der Waals surface area contributed by atoms with Gasteiger partial charge in [-0.05, 0) is 75.0 Å². The molecule has 0 aromatic heterocycles. The summed E-state index contributed by atoms with van der Waals surface area (Å²) in [4.78, 5) is 2.37. The van der Waals surface area contributed by atoms with Crippen molar-refractivity contribution >= 4 is 24.0 Å². The highest BCUT2D eigenvalue weighted by Gasteiger charge is 2.24. The molecule has 1 aliphatic carbocycles. The maximum atomic E-state index is 13.3. The molecule has 1 aromatic carbocycles. The smallest absolute Gasteiger partial charge is 0.123 e. The minimum atomic E-state index is -0.203. The minimum Gasteiger partial charge on any atom is -0.314 e. The SMILES string of the molecule is Cl.Fc1ccc(Cl)c(CN2CCC(NCC3CC3)CC2)c1. The molecule has 1 N–H and O–H groups in total. The van der Waals surface area contributed by atoms with Crippen molar-refractivity contribution in [3.8, 4) is 0 Å². The maximum Gasteiger partial charge on any atom is 0.123 e. The first kappa shape index (κ1) is 17.0. The standard InChI is InChI=1S/C16H22ClFN2.ClH/c17-16-4-3-14(18)9-13(16)11-20-7-5-15(6-8-20)19-10-12-1-2-12;/h3-4,9,12,15,19H,1-2,5-8,10-11H2;1H. The zero-order valence-corrected chi connectivity index (χ0v) is 13.7. The molecule has 0 bridgehead atoms. The normalized spacial score (nSPS) is 20.3. The number of rotatable bonds is 5. The van der Waals surface area contributed by atoms with Gasteiger partial charge in [-0.25, -0.2) is 4.39 Å². The van der Waals surface area contributed by atoms with Gasteiger partial charge in [0.15, 0.2) is 0 Å². The summed E-state index contributed by atoms with van der Waals surface area (Å²) in [7, 11) is 0. The van der Waals surface area contributed by atoms with Gasteiger partial charge < -0.3 is 5.32 Å². The summed E-state index contributed by atoms with van der Waals surface area (Å²) in [6, 6.07) is 5.28. The Kier molecular flexibility index (Phi) is 6.30. The van der Waals surface area contributed by atoms with Gasteiger partial charge in [-0.1, -0.05) is 11.6 Å². The third-order valence-corrected chi connectivity index (χ3v) is 4.75. The zero-order chi connectivity index (χ0) is 13.9. The Morgan fingerprint density at radius 3 is 2.57 bits per heavy atom. The van der Waals surface area contributed by atoms with Crippen molar-refractivity contribution in [2.24, 2.45) is 5.92 Å². The number of benzene rings is 1. The van der Waals surface area contributed by atoms with E-state index in [1.54, 1.807) is 12.1 Å². The summed E-state index contributed by atoms with van der Waals surface area (Å²) < 4.78 is 13.3. The fourth-order valence-electron chi connectivity index (χ4n) is 2.86. The molecule has 3 rings (SSSR count).